The van der Waals surface area contributed by atoms with Crippen LogP contribution >= 0.6 is 11.6 Å². The molecule has 3 aromatic rings. The number of rotatable bonds is 9. The van der Waals surface area contributed by atoms with Crippen LogP contribution in [0, 0.1) is 0 Å². The third-order valence-corrected chi connectivity index (χ3v) is 6.17. The summed E-state index contributed by atoms with van der Waals surface area (Å²) in [5, 5.41) is 3.37. The van der Waals surface area contributed by atoms with Gasteiger partial charge in [0.05, 0.1) is 18.5 Å². The van der Waals surface area contributed by atoms with Gasteiger partial charge in [-0.05, 0) is 66.1 Å². The second-order valence-electron chi connectivity index (χ2n) is 7.28. The van der Waals surface area contributed by atoms with E-state index in [4.69, 9.17) is 16.3 Å². The minimum Gasteiger partial charge on any atom is -0.484 e. The van der Waals surface area contributed by atoms with E-state index in [2.05, 4.69) is 12.2 Å². The number of hydrogen-bond donors (Lipinski definition) is 1. The van der Waals surface area contributed by atoms with Crippen LogP contribution < -0.4 is 14.4 Å². The molecular formula is C24H25ClN2O4S. The van der Waals surface area contributed by atoms with Crippen molar-refractivity contribution in [1.82, 2.24) is 0 Å². The van der Waals surface area contributed by atoms with Gasteiger partial charge < -0.3 is 10.1 Å². The molecule has 0 saturated heterocycles. The lowest BCUT2D eigenvalue weighted by molar-refractivity contribution is -0.118. The van der Waals surface area contributed by atoms with Gasteiger partial charge in [-0.15, -0.1) is 0 Å². The van der Waals surface area contributed by atoms with Gasteiger partial charge >= 0.3 is 0 Å². The number of nitrogens with one attached hydrogen (secondary N) is 1. The lowest BCUT2D eigenvalue weighted by Crippen LogP contribution is -2.29. The first-order valence-electron chi connectivity index (χ1n) is 10.1. The number of halogens is 1. The third kappa shape index (κ3) is 6.73. The van der Waals surface area contributed by atoms with Crippen molar-refractivity contribution in [3.63, 3.8) is 0 Å². The SMILES string of the molecule is CCc1ccc(NC(=O)COc2ccc(N(Cc3ccc(Cl)cc3)S(C)(=O)=O)cc2)cc1. The van der Waals surface area contributed by atoms with E-state index < -0.39 is 10.0 Å². The van der Waals surface area contributed by atoms with Crippen LogP contribution in [-0.2, 0) is 27.8 Å². The number of aryl methyl sites for hydroxylation is 1. The lowest BCUT2D eigenvalue weighted by atomic mass is 10.1. The zero-order valence-electron chi connectivity index (χ0n) is 17.9. The molecule has 0 aromatic heterocycles. The van der Waals surface area contributed by atoms with Crippen LogP contribution in [0.3, 0.4) is 0 Å². The van der Waals surface area contributed by atoms with Crippen molar-refractivity contribution in [2.45, 2.75) is 19.9 Å². The zero-order valence-corrected chi connectivity index (χ0v) is 19.5. The van der Waals surface area contributed by atoms with Gasteiger partial charge in [-0.2, -0.15) is 0 Å². The van der Waals surface area contributed by atoms with Gasteiger partial charge in [0.1, 0.15) is 5.75 Å². The Morgan fingerprint density at radius 3 is 2.09 bits per heavy atom. The summed E-state index contributed by atoms with van der Waals surface area (Å²) in [7, 11) is -3.51. The molecule has 3 aromatic carbocycles. The van der Waals surface area contributed by atoms with E-state index in [1.807, 2.05) is 24.3 Å². The highest BCUT2D eigenvalue weighted by molar-refractivity contribution is 7.92. The van der Waals surface area contributed by atoms with Crippen molar-refractivity contribution >= 4 is 38.9 Å². The Bertz CT molecular complexity index is 1150. The van der Waals surface area contributed by atoms with Gasteiger partial charge in [0, 0.05) is 10.7 Å². The minimum absolute atomic E-state index is 0.157. The van der Waals surface area contributed by atoms with Gasteiger partial charge in [-0.3, -0.25) is 9.10 Å². The molecule has 0 unspecified atom stereocenters. The summed E-state index contributed by atoms with van der Waals surface area (Å²) >= 11 is 5.91. The maximum absolute atomic E-state index is 12.3. The van der Waals surface area contributed by atoms with Crippen LogP contribution in [0.4, 0.5) is 11.4 Å². The number of anilines is 2. The maximum Gasteiger partial charge on any atom is 0.262 e. The van der Waals surface area contributed by atoms with Gasteiger partial charge in [-0.1, -0.05) is 42.8 Å². The number of carbonyl (C=O) groups is 1. The topological polar surface area (TPSA) is 75.7 Å². The molecule has 0 saturated carbocycles. The molecule has 0 aliphatic rings. The Morgan fingerprint density at radius 2 is 1.53 bits per heavy atom. The smallest absolute Gasteiger partial charge is 0.262 e. The molecule has 0 heterocycles. The summed E-state index contributed by atoms with van der Waals surface area (Å²) in [6, 6.07) is 21.2. The fraction of sp³-hybridized carbons (Fsp3) is 0.208. The van der Waals surface area contributed by atoms with E-state index in [0.29, 0.717) is 22.1 Å². The molecular weight excluding hydrogens is 448 g/mol. The van der Waals surface area contributed by atoms with Crippen LogP contribution in [0.15, 0.2) is 72.8 Å². The first kappa shape index (κ1) is 23.6. The Morgan fingerprint density at radius 1 is 0.938 bits per heavy atom. The molecule has 0 bridgehead atoms. The number of sulfonamides is 1. The molecule has 0 radical (unpaired) electrons. The van der Waals surface area contributed by atoms with Gasteiger partial charge in [0.15, 0.2) is 6.61 Å². The largest absolute Gasteiger partial charge is 0.484 e. The molecule has 0 atom stereocenters. The lowest BCUT2D eigenvalue weighted by Gasteiger charge is -2.23. The molecule has 168 valence electrons. The molecule has 6 nitrogen and oxygen atoms in total. The second-order valence-corrected chi connectivity index (χ2v) is 9.62. The fourth-order valence-electron chi connectivity index (χ4n) is 3.03. The Hall–Kier alpha value is -3.03. The molecule has 3 rings (SSSR count). The van der Waals surface area contributed by atoms with E-state index in [9.17, 15) is 13.2 Å². The average molecular weight is 473 g/mol. The number of ether oxygens (including phenoxy) is 1. The van der Waals surface area contributed by atoms with Crippen molar-refractivity contribution in [2.24, 2.45) is 0 Å². The first-order chi connectivity index (χ1) is 15.2. The first-order valence-corrected chi connectivity index (χ1v) is 12.3. The maximum atomic E-state index is 12.3. The van der Waals surface area contributed by atoms with Crippen LogP contribution in [0.25, 0.3) is 0 Å². The highest BCUT2D eigenvalue weighted by Crippen LogP contribution is 2.24. The van der Waals surface area contributed by atoms with E-state index in [-0.39, 0.29) is 19.1 Å². The number of carbonyl (C=O) groups excluding carboxylic acids is 1. The summed E-state index contributed by atoms with van der Waals surface area (Å²) in [4.78, 5) is 12.1. The number of amides is 1. The van der Waals surface area contributed by atoms with Gasteiger partial charge in [-0.25, -0.2) is 8.42 Å². The molecule has 0 aliphatic heterocycles. The summed E-state index contributed by atoms with van der Waals surface area (Å²) in [5.41, 5.74) is 3.20. The molecule has 1 N–H and O–H groups in total. The van der Waals surface area contributed by atoms with Crippen molar-refractivity contribution in [1.29, 1.82) is 0 Å². The third-order valence-electron chi connectivity index (χ3n) is 4.78. The Balaban J connectivity index is 1.61. The van der Waals surface area contributed by atoms with Crippen molar-refractivity contribution in [2.75, 3.05) is 22.5 Å². The van der Waals surface area contributed by atoms with Gasteiger partial charge in [0.25, 0.3) is 5.91 Å². The summed E-state index contributed by atoms with van der Waals surface area (Å²) in [6.07, 6.45) is 2.09. The van der Waals surface area contributed by atoms with E-state index in [1.54, 1.807) is 48.5 Å². The molecule has 0 fully saturated rings. The predicted molar refractivity (Wildman–Crippen MR) is 129 cm³/mol. The number of benzene rings is 3. The normalized spacial score (nSPS) is 11.1. The standard InChI is InChI=1S/C24H25ClN2O4S/c1-3-18-6-10-21(11-7-18)26-24(28)17-31-23-14-12-22(13-15-23)27(32(2,29)30)16-19-4-8-20(25)9-5-19/h4-15H,3,16-17H2,1-2H3,(H,26,28). The fourth-order valence-corrected chi connectivity index (χ4v) is 4.05. The second kappa shape index (κ2) is 10.5. The van der Waals surface area contributed by atoms with Crippen LogP contribution in [0.2, 0.25) is 5.02 Å². The highest BCUT2D eigenvalue weighted by atomic mass is 35.5. The monoisotopic (exact) mass is 472 g/mol. The predicted octanol–water partition coefficient (Wildman–Crippen LogP) is 4.89. The van der Waals surface area contributed by atoms with Crippen LogP contribution in [0.1, 0.15) is 18.1 Å². The van der Waals surface area contributed by atoms with E-state index in [1.165, 1.54) is 9.87 Å². The molecule has 32 heavy (non-hydrogen) atoms. The molecule has 1 amide bonds. The van der Waals surface area contributed by atoms with Crippen molar-refractivity contribution in [3.8, 4) is 5.75 Å². The van der Waals surface area contributed by atoms with Gasteiger partial charge in [0.2, 0.25) is 10.0 Å². The Kier molecular flexibility index (Phi) is 7.77. The average Bonchev–Trinajstić information content (AvgIpc) is 2.77. The summed E-state index contributed by atoms with van der Waals surface area (Å²) in [6.45, 7) is 2.09. The van der Waals surface area contributed by atoms with E-state index in [0.717, 1.165) is 18.2 Å². The summed E-state index contributed by atoms with van der Waals surface area (Å²) < 4.78 is 31.5. The van der Waals surface area contributed by atoms with Crippen molar-refractivity contribution in [3.05, 3.63) is 88.9 Å². The molecule has 0 spiro atoms. The molecule has 8 heteroatoms. The highest BCUT2D eigenvalue weighted by Gasteiger charge is 2.18. The number of hydrogen-bond acceptors (Lipinski definition) is 4. The molecule has 0 aliphatic carbocycles. The number of nitrogens with zero attached hydrogens (tertiary/aromatic N) is 1. The minimum atomic E-state index is -3.51. The van der Waals surface area contributed by atoms with Crippen LogP contribution in [0.5, 0.6) is 5.75 Å². The quantitative estimate of drug-likeness (QED) is 0.481. The zero-order chi connectivity index (χ0) is 23.1. The summed E-state index contributed by atoms with van der Waals surface area (Å²) in [5.74, 6) is 0.184. The Labute approximate surface area is 193 Å². The van der Waals surface area contributed by atoms with Crippen LogP contribution in [-0.4, -0.2) is 27.2 Å². The van der Waals surface area contributed by atoms with Crippen molar-refractivity contribution < 1.29 is 17.9 Å². The van der Waals surface area contributed by atoms with E-state index >= 15 is 0 Å².